The van der Waals surface area contributed by atoms with Gasteiger partial charge < -0.3 is 19.5 Å². The van der Waals surface area contributed by atoms with E-state index in [9.17, 15) is 27.2 Å². The fourth-order valence-electron chi connectivity index (χ4n) is 7.62. The Labute approximate surface area is 353 Å². The van der Waals surface area contributed by atoms with Crippen LogP contribution in [0.2, 0.25) is 5.02 Å². The number of hydrogen-bond acceptors (Lipinski definition) is 10. The average molecular weight is 892 g/mol. The molecule has 0 saturated carbocycles. The van der Waals surface area contributed by atoms with Crippen molar-refractivity contribution in [1.29, 1.82) is 0 Å². The van der Waals surface area contributed by atoms with E-state index in [2.05, 4.69) is 25.2 Å². The van der Waals surface area contributed by atoms with Gasteiger partial charge in [-0.2, -0.15) is 24.0 Å². The SMILES string of the molecule is COCCCCCOc1ccc2c(=O)n(-c3ccc(Cl)c4c(NSC)nn(C)c34)c(C(Cc3cc(F)cc(F)c3)NC(=O)Cn3nc(C(F)F)c4c3C(F)(F)C(C)C4)nc2n1. The van der Waals surface area contributed by atoms with Gasteiger partial charge in [-0.15, -0.1) is 0 Å². The molecule has 7 rings (SSSR count). The summed E-state index contributed by atoms with van der Waals surface area (Å²) in [7, 11) is 3.23. The molecule has 0 fully saturated rings. The van der Waals surface area contributed by atoms with Crippen LogP contribution in [0.5, 0.6) is 5.88 Å². The van der Waals surface area contributed by atoms with Crippen molar-refractivity contribution < 1.29 is 40.6 Å². The number of anilines is 1. The van der Waals surface area contributed by atoms with Crippen LogP contribution in [0.4, 0.5) is 32.2 Å². The van der Waals surface area contributed by atoms with Crippen molar-refractivity contribution in [2.24, 2.45) is 13.0 Å². The molecule has 0 radical (unpaired) electrons. The molecular formula is C40H40ClF6N9O4S. The summed E-state index contributed by atoms with van der Waals surface area (Å²) in [5.41, 5.74) is -2.27. The molecular weight excluding hydrogens is 852 g/mol. The number of methoxy groups -OCH3 is 1. The molecule has 2 aromatic carbocycles. The Kier molecular flexibility index (Phi) is 12.9. The smallest absolute Gasteiger partial charge is 0.292 e. The third kappa shape index (κ3) is 8.74. The number of amides is 1. The summed E-state index contributed by atoms with van der Waals surface area (Å²) in [5, 5.41) is 11.7. The van der Waals surface area contributed by atoms with Crippen molar-refractivity contribution in [2.75, 3.05) is 31.3 Å². The number of pyridine rings is 1. The highest BCUT2D eigenvalue weighted by atomic mass is 35.5. The van der Waals surface area contributed by atoms with Gasteiger partial charge in [0, 0.05) is 57.1 Å². The normalized spacial score (nSPS) is 15.2. The molecule has 1 aliphatic carbocycles. The summed E-state index contributed by atoms with van der Waals surface area (Å²) in [5.74, 6) is -7.54. The summed E-state index contributed by atoms with van der Waals surface area (Å²) >= 11 is 7.95. The van der Waals surface area contributed by atoms with E-state index in [0.29, 0.717) is 40.5 Å². The van der Waals surface area contributed by atoms with Crippen LogP contribution in [0.15, 0.2) is 47.3 Å². The second-order valence-corrected chi connectivity index (χ2v) is 15.6. The molecule has 324 valence electrons. The van der Waals surface area contributed by atoms with Gasteiger partial charge in [0.05, 0.1) is 39.6 Å². The molecule has 0 spiro atoms. The number of alkyl halides is 4. The lowest BCUT2D eigenvalue weighted by Gasteiger charge is -2.24. The third-order valence-electron chi connectivity index (χ3n) is 10.4. The fraction of sp³-hybridized carbons (Fsp3) is 0.400. The number of ether oxygens (including phenoxy) is 2. The highest BCUT2D eigenvalue weighted by Crippen LogP contribution is 2.48. The summed E-state index contributed by atoms with van der Waals surface area (Å²) in [6.45, 7) is 1.13. The fourth-order valence-corrected chi connectivity index (χ4v) is 8.20. The highest BCUT2D eigenvalue weighted by molar-refractivity contribution is 7.99. The maximum atomic E-state index is 15.5. The molecule has 1 aliphatic rings. The summed E-state index contributed by atoms with van der Waals surface area (Å²) < 4.78 is 106. The Morgan fingerprint density at radius 1 is 1.05 bits per heavy atom. The molecule has 1 amide bonds. The Balaban J connectivity index is 1.40. The van der Waals surface area contributed by atoms with Crippen LogP contribution in [0.25, 0.3) is 27.6 Å². The van der Waals surface area contributed by atoms with Gasteiger partial charge in [0.25, 0.3) is 17.9 Å². The van der Waals surface area contributed by atoms with Crippen LogP contribution < -0.4 is 20.3 Å². The second-order valence-electron chi connectivity index (χ2n) is 14.6. The first-order valence-electron chi connectivity index (χ1n) is 19.1. The quantitative estimate of drug-likeness (QED) is 0.0526. The van der Waals surface area contributed by atoms with Gasteiger partial charge in [-0.25, -0.2) is 22.5 Å². The van der Waals surface area contributed by atoms with E-state index in [0.717, 1.165) is 25.0 Å². The van der Waals surface area contributed by atoms with E-state index < -0.39 is 71.8 Å². The van der Waals surface area contributed by atoms with Crippen molar-refractivity contribution in [3.8, 4) is 11.6 Å². The van der Waals surface area contributed by atoms with Crippen molar-refractivity contribution >= 4 is 57.2 Å². The predicted molar refractivity (Wildman–Crippen MR) is 218 cm³/mol. The highest BCUT2D eigenvalue weighted by Gasteiger charge is 2.51. The largest absolute Gasteiger partial charge is 0.478 e. The van der Waals surface area contributed by atoms with Gasteiger partial charge in [0.15, 0.2) is 11.5 Å². The minimum Gasteiger partial charge on any atom is -0.478 e. The number of aryl methyl sites for hydroxylation is 1. The molecule has 0 bridgehead atoms. The number of nitrogens with zero attached hydrogens (tertiary/aromatic N) is 7. The molecule has 0 aliphatic heterocycles. The third-order valence-corrected chi connectivity index (χ3v) is 11.1. The minimum absolute atomic E-state index is 0.00998. The monoisotopic (exact) mass is 891 g/mol. The standard InChI is InChI=1S/C40H40ClF6N9O4S/c1-20-14-25-32(35(44)45)51-55(34(25)40(20,46)47)19-29(57)48-27(17-21-15-22(42)18-23(43)16-21)38-50-36-24(8-11-30(49-36)60-13-7-5-6-12-59-3)39(58)56(38)28-10-9-26(41)31-33(28)54(2)52-37(31)53-61-4/h8-11,15-16,18,20,27,35H,5-7,12-14,17,19H2,1-4H3,(H,48,57)(H,52,53). The van der Waals surface area contributed by atoms with E-state index in [-0.39, 0.29) is 57.6 Å². The summed E-state index contributed by atoms with van der Waals surface area (Å²) in [4.78, 5) is 38.3. The zero-order valence-corrected chi connectivity index (χ0v) is 34.8. The molecule has 4 heterocycles. The number of carbonyl (C=O) groups is 1. The van der Waals surface area contributed by atoms with Crippen LogP contribution in [0, 0.1) is 17.6 Å². The van der Waals surface area contributed by atoms with Crippen molar-refractivity contribution in [3.63, 3.8) is 0 Å². The molecule has 0 saturated heterocycles. The first-order valence-corrected chi connectivity index (χ1v) is 20.7. The van der Waals surface area contributed by atoms with E-state index in [4.69, 9.17) is 26.1 Å². The lowest BCUT2D eigenvalue weighted by molar-refractivity contribution is -0.123. The molecule has 4 aromatic heterocycles. The number of hydrogen-bond donors (Lipinski definition) is 2. The zero-order chi connectivity index (χ0) is 43.7. The van der Waals surface area contributed by atoms with E-state index in [1.165, 1.54) is 52.4 Å². The molecule has 61 heavy (non-hydrogen) atoms. The number of carbonyl (C=O) groups excluding carboxylic acids is 1. The van der Waals surface area contributed by atoms with Crippen molar-refractivity contribution in [3.05, 3.63) is 97.8 Å². The van der Waals surface area contributed by atoms with Gasteiger partial charge in [-0.1, -0.05) is 30.5 Å². The predicted octanol–water partition coefficient (Wildman–Crippen LogP) is 8.00. The lowest BCUT2D eigenvalue weighted by Crippen LogP contribution is -2.38. The maximum absolute atomic E-state index is 15.5. The second kappa shape index (κ2) is 17.9. The van der Waals surface area contributed by atoms with E-state index in [1.54, 1.807) is 20.4 Å². The minimum atomic E-state index is -3.59. The van der Waals surface area contributed by atoms with Crippen LogP contribution in [0.1, 0.15) is 67.0 Å². The Hall–Kier alpha value is -5.34. The number of benzene rings is 2. The van der Waals surface area contributed by atoms with Gasteiger partial charge in [-0.05, 0) is 61.6 Å². The average Bonchev–Trinajstić information content (AvgIpc) is 3.81. The van der Waals surface area contributed by atoms with E-state index >= 15 is 8.78 Å². The van der Waals surface area contributed by atoms with Crippen molar-refractivity contribution in [2.45, 2.75) is 64.0 Å². The number of fused-ring (bicyclic) bond motifs is 3. The van der Waals surface area contributed by atoms with Gasteiger partial charge in [0.1, 0.15) is 35.4 Å². The molecule has 2 N–H and O–H groups in total. The molecule has 21 heteroatoms. The topological polar surface area (TPSA) is 143 Å². The first-order chi connectivity index (χ1) is 29.1. The number of rotatable bonds is 17. The number of unbranched alkanes of at least 4 members (excludes halogenated alkanes) is 2. The Morgan fingerprint density at radius 2 is 1.79 bits per heavy atom. The zero-order valence-electron chi connectivity index (χ0n) is 33.2. The number of nitrogens with one attached hydrogen (secondary N) is 2. The van der Waals surface area contributed by atoms with E-state index in [1.807, 2.05) is 0 Å². The van der Waals surface area contributed by atoms with Gasteiger partial charge >= 0.3 is 0 Å². The summed E-state index contributed by atoms with van der Waals surface area (Å²) in [6, 6.07) is 7.27. The molecule has 2 atom stereocenters. The van der Waals surface area contributed by atoms with Crippen LogP contribution in [-0.2, 0) is 41.9 Å². The first kappa shape index (κ1) is 43.7. The molecule has 2 unspecified atom stereocenters. The lowest BCUT2D eigenvalue weighted by atomic mass is 10.0. The maximum Gasteiger partial charge on any atom is 0.292 e. The Bertz CT molecular complexity index is 2660. The summed E-state index contributed by atoms with van der Waals surface area (Å²) in [6.07, 6.45) is 0.0952. The molecule has 13 nitrogen and oxygen atoms in total. The van der Waals surface area contributed by atoms with Crippen LogP contribution >= 0.6 is 23.5 Å². The van der Waals surface area contributed by atoms with Gasteiger partial charge in [-0.3, -0.25) is 23.5 Å². The number of aromatic nitrogens is 7. The Morgan fingerprint density at radius 3 is 2.49 bits per heavy atom. The van der Waals surface area contributed by atoms with Crippen molar-refractivity contribution in [1.82, 2.24) is 39.4 Å². The van der Waals surface area contributed by atoms with Crippen LogP contribution in [0.3, 0.4) is 0 Å². The molecule has 6 aromatic rings. The number of halogens is 7. The van der Waals surface area contributed by atoms with Crippen LogP contribution in [-0.4, -0.2) is 66.6 Å². The van der Waals surface area contributed by atoms with Gasteiger partial charge in [0.2, 0.25) is 11.8 Å².